The SMILES string of the molecule is [CH2+][CH2-].[CH3+].[Y]. The van der Waals surface area contributed by atoms with Crippen LogP contribution in [-0.2, 0) is 32.7 Å². The van der Waals surface area contributed by atoms with Gasteiger partial charge in [0.05, 0.1) is 0 Å². The van der Waals surface area contributed by atoms with Crippen LogP contribution in [0.4, 0.5) is 0 Å². The van der Waals surface area contributed by atoms with Gasteiger partial charge in [-0.2, -0.15) is 6.92 Å². The van der Waals surface area contributed by atoms with E-state index in [1.807, 2.05) is 0 Å². The molecule has 0 fully saturated rings. The molecular formula is C3H7Y+. The first-order valence-electron chi connectivity index (χ1n) is 0.500. The molecule has 0 nitrogen and oxygen atoms in total. The smallest absolute Gasteiger partial charge is 0.0467 e. The van der Waals surface area contributed by atoms with Crippen molar-refractivity contribution in [3.8, 4) is 0 Å². The zero-order chi connectivity index (χ0) is 2.00. The summed E-state index contributed by atoms with van der Waals surface area (Å²) in [7, 11) is 0. The minimum Gasteiger partial charge on any atom is -0.152 e. The molecule has 0 aromatic rings. The van der Waals surface area contributed by atoms with E-state index >= 15 is 0 Å². The second kappa shape index (κ2) is 43.7. The molecule has 1 radical (unpaired) electrons. The molecule has 4 heavy (non-hydrogen) atoms. The summed E-state index contributed by atoms with van der Waals surface area (Å²) < 4.78 is 0. The molecule has 0 unspecified atom stereocenters. The zero-order valence-corrected chi connectivity index (χ0v) is 5.83. The maximum atomic E-state index is 3.00. The molecule has 0 aliphatic carbocycles. The molecular weight excluding hydrogens is 125 g/mol. The average Bonchev–Trinajstić information content (AvgIpc) is 1.00. The first-order valence-corrected chi connectivity index (χ1v) is 0.500. The maximum absolute atomic E-state index is 3.00. The second-order valence-corrected chi connectivity index (χ2v) is 0. The quantitative estimate of drug-likeness (QED) is 0.433. The Morgan fingerprint density at radius 2 is 1.25 bits per heavy atom. The Kier molecular flexibility index (Phi) is 230. The van der Waals surface area contributed by atoms with E-state index in [2.05, 4.69) is 13.8 Å². The van der Waals surface area contributed by atoms with Crippen LogP contribution in [0.25, 0.3) is 0 Å². The Labute approximate surface area is 53.9 Å². The van der Waals surface area contributed by atoms with Gasteiger partial charge in [-0.25, -0.2) is 0 Å². The Hall–Kier alpha value is 0.844. The molecule has 0 aliphatic rings. The number of hydrogen-bond donors (Lipinski definition) is 0. The van der Waals surface area contributed by atoms with Gasteiger partial charge in [0, 0.05) is 40.1 Å². The van der Waals surface area contributed by atoms with Crippen molar-refractivity contribution in [1.29, 1.82) is 0 Å². The molecule has 0 spiro atoms. The Morgan fingerprint density at radius 3 is 1.25 bits per heavy atom. The van der Waals surface area contributed by atoms with Gasteiger partial charge >= 0.3 is 0 Å². The van der Waals surface area contributed by atoms with E-state index in [0.717, 1.165) is 0 Å². The van der Waals surface area contributed by atoms with E-state index < -0.39 is 0 Å². The van der Waals surface area contributed by atoms with Gasteiger partial charge in [-0.05, 0) is 0 Å². The molecule has 0 aromatic heterocycles. The molecule has 0 amide bonds. The summed E-state index contributed by atoms with van der Waals surface area (Å²) in [5.74, 6) is 0. The van der Waals surface area contributed by atoms with Crippen LogP contribution in [-0.4, -0.2) is 0 Å². The van der Waals surface area contributed by atoms with Gasteiger partial charge in [0.25, 0.3) is 0 Å². The molecule has 0 bridgehead atoms. The second-order valence-electron chi connectivity index (χ2n) is 0. The summed E-state index contributed by atoms with van der Waals surface area (Å²) in [6, 6.07) is 0. The molecule has 1 heteroatoms. The third kappa shape index (κ3) is 13.6. The summed E-state index contributed by atoms with van der Waals surface area (Å²) in [4.78, 5) is 0. The van der Waals surface area contributed by atoms with E-state index in [1.165, 1.54) is 0 Å². The van der Waals surface area contributed by atoms with Crippen LogP contribution in [0.3, 0.4) is 0 Å². The van der Waals surface area contributed by atoms with Crippen LogP contribution in [0, 0.1) is 21.3 Å². The fourth-order valence-electron chi connectivity index (χ4n) is 0. The van der Waals surface area contributed by atoms with Crippen LogP contribution < -0.4 is 0 Å². The van der Waals surface area contributed by atoms with Crippen molar-refractivity contribution in [2.45, 2.75) is 0 Å². The van der Waals surface area contributed by atoms with Gasteiger partial charge < -0.3 is 0 Å². The minimum absolute atomic E-state index is 0. The summed E-state index contributed by atoms with van der Waals surface area (Å²) in [6.45, 7) is 6.00. The molecule has 0 N–H and O–H groups in total. The van der Waals surface area contributed by atoms with Crippen molar-refractivity contribution in [1.82, 2.24) is 0 Å². The van der Waals surface area contributed by atoms with Crippen LogP contribution in [0.1, 0.15) is 0 Å². The number of rotatable bonds is 0. The zero-order valence-electron chi connectivity index (χ0n) is 2.99. The predicted molar refractivity (Wildman–Crippen MR) is 17.1 cm³/mol. The third-order valence-electron chi connectivity index (χ3n) is 0. The van der Waals surface area contributed by atoms with Crippen molar-refractivity contribution >= 4 is 0 Å². The van der Waals surface area contributed by atoms with E-state index in [4.69, 9.17) is 0 Å². The van der Waals surface area contributed by atoms with Crippen molar-refractivity contribution in [2.75, 3.05) is 0 Å². The molecule has 0 heterocycles. The van der Waals surface area contributed by atoms with Crippen LogP contribution in [0.15, 0.2) is 0 Å². The average molecular weight is 132 g/mol. The van der Waals surface area contributed by atoms with E-state index in [-0.39, 0.29) is 40.1 Å². The van der Waals surface area contributed by atoms with Gasteiger partial charge in [-0.15, -0.1) is 0 Å². The van der Waals surface area contributed by atoms with E-state index in [0.29, 0.717) is 0 Å². The molecule has 0 rings (SSSR count). The Bertz CT molecular complexity index is 3.25. The fraction of sp³-hybridized carbons (Fsp3) is 0. The maximum Gasteiger partial charge on any atom is 0.0467 e. The fourth-order valence-corrected chi connectivity index (χ4v) is 0. The standard InChI is InChI=1S/C2H4.CH3.Y/c1-2;;/h1-2H2;1H3;/q;+1;. The van der Waals surface area contributed by atoms with Crippen LogP contribution in [0.2, 0.25) is 0 Å². The largest absolute Gasteiger partial charge is 0.152 e. The summed E-state index contributed by atoms with van der Waals surface area (Å²) in [6.07, 6.45) is 0. The molecule has 0 saturated heterocycles. The molecule has 21 valence electrons. The molecule has 0 saturated carbocycles. The topological polar surface area (TPSA) is 0 Å². The van der Waals surface area contributed by atoms with Gasteiger partial charge in [0.1, 0.15) is 0 Å². The normalized spacial score (nSPS) is 1.25. The van der Waals surface area contributed by atoms with Crippen molar-refractivity contribution in [3.05, 3.63) is 21.3 Å². The summed E-state index contributed by atoms with van der Waals surface area (Å²) in [5, 5.41) is 0. The van der Waals surface area contributed by atoms with Crippen molar-refractivity contribution in [3.63, 3.8) is 0 Å². The van der Waals surface area contributed by atoms with Crippen LogP contribution >= 0.6 is 0 Å². The minimum atomic E-state index is 0. The van der Waals surface area contributed by atoms with Crippen molar-refractivity contribution in [2.24, 2.45) is 0 Å². The predicted octanol–water partition coefficient (Wildman–Crippen LogP) is 1.10. The first kappa shape index (κ1) is 21.1. The third-order valence-corrected chi connectivity index (χ3v) is 0. The van der Waals surface area contributed by atoms with Gasteiger partial charge in [-0.1, -0.05) is 6.92 Å². The Balaban J connectivity index is -0.00000000500. The summed E-state index contributed by atoms with van der Waals surface area (Å²) >= 11 is 0. The monoisotopic (exact) mass is 132 g/mol. The van der Waals surface area contributed by atoms with E-state index in [1.54, 1.807) is 0 Å². The van der Waals surface area contributed by atoms with Crippen molar-refractivity contribution < 1.29 is 32.7 Å². The van der Waals surface area contributed by atoms with Gasteiger partial charge in [-0.3, -0.25) is 0 Å². The van der Waals surface area contributed by atoms with Crippen LogP contribution in [0.5, 0.6) is 0 Å². The van der Waals surface area contributed by atoms with Gasteiger partial charge in [0.2, 0.25) is 0 Å². The molecule has 0 atom stereocenters. The Morgan fingerprint density at radius 1 is 1.25 bits per heavy atom. The van der Waals surface area contributed by atoms with Gasteiger partial charge in [0.15, 0.2) is 0 Å². The van der Waals surface area contributed by atoms with E-state index in [9.17, 15) is 0 Å². The molecule has 0 aliphatic heterocycles. The first-order chi connectivity index (χ1) is 1.00. The summed E-state index contributed by atoms with van der Waals surface area (Å²) in [5.41, 5.74) is 0. The molecule has 0 aromatic carbocycles. The number of hydrogen-bond acceptors (Lipinski definition) is 0.